The number of halogens is 1. The molecule has 0 spiro atoms. The lowest BCUT2D eigenvalue weighted by Gasteiger charge is -2.09. The van der Waals surface area contributed by atoms with Crippen molar-refractivity contribution in [1.82, 2.24) is 15.3 Å². The van der Waals surface area contributed by atoms with E-state index >= 15 is 0 Å². The first-order chi connectivity index (χ1) is 13.6. The van der Waals surface area contributed by atoms with Gasteiger partial charge in [0, 0.05) is 24.9 Å². The molecule has 1 heterocycles. The number of hydrogen-bond acceptors (Lipinski definition) is 5. The van der Waals surface area contributed by atoms with Crippen LogP contribution in [-0.2, 0) is 13.0 Å². The molecule has 0 saturated carbocycles. The van der Waals surface area contributed by atoms with E-state index in [9.17, 15) is 9.18 Å². The number of benzene rings is 2. The number of nitrogen functional groups attached to an aromatic ring is 1. The molecule has 0 aliphatic carbocycles. The minimum Gasteiger partial charge on any atom is -0.382 e. The van der Waals surface area contributed by atoms with Gasteiger partial charge >= 0.3 is 0 Å². The number of hydrogen-bond donors (Lipinski definition) is 2. The Morgan fingerprint density at radius 2 is 2.00 bits per heavy atom. The average molecular weight is 375 g/mol. The SMILES string of the molecule is N#CCCc1cnc(N)c(-c2ccc(C(=O)NCc3ccccc3)c(F)c2)n1. The van der Waals surface area contributed by atoms with Gasteiger partial charge in [-0.3, -0.25) is 4.79 Å². The van der Waals surface area contributed by atoms with Crippen molar-refractivity contribution in [1.29, 1.82) is 5.26 Å². The molecule has 0 unspecified atom stereocenters. The number of nitrogens with two attached hydrogens (primary N) is 1. The molecule has 2 aromatic carbocycles. The Hall–Kier alpha value is -3.79. The monoisotopic (exact) mass is 375 g/mol. The van der Waals surface area contributed by atoms with E-state index in [1.807, 2.05) is 36.4 Å². The van der Waals surface area contributed by atoms with E-state index in [0.717, 1.165) is 5.56 Å². The average Bonchev–Trinajstić information content (AvgIpc) is 2.72. The van der Waals surface area contributed by atoms with Gasteiger partial charge in [-0.15, -0.1) is 0 Å². The molecule has 0 saturated heterocycles. The molecule has 1 aromatic heterocycles. The largest absolute Gasteiger partial charge is 0.382 e. The Labute approximate surface area is 161 Å². The van der Waals surface area contributed by atoms with Crippen LogP contribution in [0.2, 0.25) is 0 Å². The van der Waals surface area contributed by atoms with Crippen molar-refractivity contribution in [2.45, 2.75) is 19.4 Å². The minimum absolute atomic E-state index is 0.0631. The molecule has 6 nitrogen and oxygen atoms in total. The van der Waals surface area contributed by atoms with E-state index in [2.05, 4.69) is 15.3 Å². The van der Waals surface area contributed by atoms with Gasteiger partial charge in [0.25, 0.3) is 5.91 Å². The van der Waals surface area contributed by atoms with Crippen molar-refractivity contribution in [2.75, 3.05) is 5.73 Å². The van der Waals surface area contributed by atoms with Crippen molar-refractivity contribution in [3.8, 4) is 17.3 Å². The van der Waals surface area contributed by atoms with Crippen molar-refractivity contribution >= 4 is 11.7 Å². The van der Waals surface area contributed by atoms with Gasteiger partial charge in [0.2, 0.25) is 0 Å². The molecule has 3 aromatic rings. The number of nitriles is 1. The van der Waals surface area contributed by atoms with Crippen LogP contribution in [-0.4, -0.2) is 15.9 Å². The van der Waals surface area contributed by atoms with Crippen LogP contribution in [0.4, 0.5) is 10.2 Å². The van der Waals surface area contributed by atoms with Crippen LogP contribution < -0.4 is 11.1 Å². The molecular formula is C21H18FN5O. The maximum atomic E-state index is 14.6. The molecule has 0 atom stereocenters. The second kappa shape index (κ2) is 8.73. The number of carbonyl (C=O) groups is 1. The van der Waals surface area contributed by atoms with Gasteiger partial charge in [-0.05, 0) is 17.7 Å². The normalized spacial score (nSPS) is 10.3. The van der Waals surface area contributed by atoms with Crippen molar-refractivity contribution in [3.63, 3.8) is 0 Å². The molecule has 1 amide bonds. The zero-order valence-corrected chi connectivity index (χ0v) is 15.0. The van der Waals surface area contributed by atoms with E-state index in [-0.39, 0.29) is 11.4 Å². The third kappa shape index (κ3) is 4.48. The molecule has 7 heteroatoms. The van der Waals surface area contributed by atoms with Gasteiger partial charge in [-0.2, -0.15) is 5.26 Å². The topological polar surface area (TPSA) is 105 Å². The van der Waals surface area contributed by atoms with E-state index in [4.69, 9.17) is 11.0 Å². The van der Waals surface area contributed by atoms with E-state index in [0.29, 0.717) is 36.3 Å². The first kappa shape index (κ1) is 19.0. The van der Waals surface area contributed by atoms with Crippen LogP contribution in [0.1, 0.15) is 28.0 Å². The van der Waals surface area contributed by atoms with Crippen LogP contribution in [0.3, 0.4) is 0 Å². The maximum Gasteiger partial charge on any atom is 0.254 e. The minimum atomic E-state index is -0.674. The van der Waals surface area contributed by atoms with Crippen LogP contribution in [0.5, 0.6) is 0 Å². The zero-order chi connectivity index (χ0) is 19.9. The first-order valence-electron chi connectivity index (χ1n) is 8.69. The second-order valence-electron chi connectivity index (χ2n) is 6.12. The van der Waals surface area contributed by atoms with Crippen LogP contribution in [0, 0.1) is 17.1 Å². The van der Waals surface area contributed by atoms with Gasteiger partial charge in [-0.25, -0.2) is 14.4 Å². The molecule has 3 N–H and O–H groups in total. The zero-order valence-electron chi connectivity index (χ0n) is 15.0. The summed E-state index contributed by atoms with van der Waals surface area (Å²) in [5, 5.41) is 11.4. The Morgan fingerprint density at radius 3 is 2.71 bits per heavy atom. The number of carbonyl (C=O) groups excluding carboxylic acids is 1. The summed E-state index contributed by atoms with van der Waals surface area (Å²) in [4.78, 5) is 20.7. The molecule has 140 valence electrons. The summed E-state index contributed by atoms with van der Waals surface area (Å²) in [5.41, 5.74) is 8.06. The Balaban J connectivity index is 1.78. The van der Waals surface area contributed by atoms with E-state index in [1.54, 1.807) is 6.07 Å². The molecular weight excluding hydrogens is 357 g/mol. The Morgan fingerprint density at radius 1 is 1.21 bits per heavy atom. The number of rotatable bonds is 6. The fourth-order valence-electron chi connectivity index (χ4n) is 2.67. The number of nitrogens with zero attached hydrogens (tertiary/aromatic N) is 3. The molecule has 0 radical (unpaired) electrons. The summed E-state index contributed by atoms with van der Waals surface area (Å²) < 4.78 is 14.6. The van der Waals surface area contributed by atoms with Gasteiger partial charge in [0.05, 0.1) is 23.5 Å². The van der Waals surface area contributed by atoms with Crippen LogP contribution >= 0.6 is 0 Å². The fourth-order valence-corrected chi connectivity index (χ4v) is 2.67. The third-order valence-electron chi connectivity index (χ3n) is 4.13. The molecule has 0 aliphatic rings. The molecule has 0 fully saturated rings. The summed E-state index contributed by atoms with van der Waals surface area (Å²) in [6.07, 6.45) is 2.23. The van der Waals surface area contributed by atoms with Gasteiger partial charge in [0.15, 0.2) is 0 Å². The maximum absolute atomic E-state index is 14.6. The summed E-state index contributed by atoms with van der Waals surface area (Å²) in [7, 11) is 0. The van der Waals surface area contributed by atoms with Crippen molar-refractivity contribution in [3.05, 3.63) is 77.4 Å². The van der Waals surface area contributed by atoms with Gasteiger partial charge in [0.1, 0.15) is 17.3 Å². The first-order valence-corrected chi connectivity index (χ1v) is 8.69. The summed E-state index contributed by atoms with van der Waals surface area (Å²) in [5.74, 6) is -1.03. The lowest BCUT2D eigenvalue weighted by atomic mass is 10.1. The summed E-state index contributed by atoms with van der Waals surface area (Å²) >= 11 is 0. The second-order valence-corrected chi connectivity index (χ2v) is 6.12. The molecule has 28 heavy (non-hydrogen) atoms. The smallest absolute Gasteiger partial charge is 0.254 e. The van der Waals surface area contributed by atoms with Crippen molar-refractivity contribution < 1.29 is 9.18 Å². The Bertz CT molecular complexity index is 1030. The van der Waals surface area contributed by atoms with Crippen LogP contribution in [0.25, 0.3) is 11.3 Å². The number of amides is 1. The highest BCUT2D eigenvalue weighted by atomic mass is 19.1. The molecule has 0 bridgehead atoms. The quantitative estimate of drug-likeness (QED) is 0.688. The van der Waals surface area contributed by atoms with Gasteiger partial charge < -0.3 is 11.1 Å². The lowest BCUT2D eigenvalue weighted by Crippen LogP contribution is -2.23. The summed E-state index contributed by atoms with van der Waals surface area (Å²) in [6, 6.07) is 15.6. The number of anilines is 1. The van der Waals surface area contributed by atoms with Crippen molar-refractivity contribution in [2.24, 2.45) is 0 Å². The predicted molar refractivity (Wildman–Crippen MR) is 103 cm³/mol. The highest BCUT2D eigenvalue weighted by Gasteiger charge is 2.15. The van der Waals surface area contributed by atoms with E-state index < -0.39 is 11.7 Å². The highest BCUT2D eigenvalue weighted by Crippen LogP contribution is 2.24. The number of nitrogens with one attached hydrogen (secondary N) is 1. The number of aryl methyl sites for hydroxylation is 1. The van der Waals surface area contributed by atoms with Crippen LogP contribution in [0.15, 0.2) is 54.7 Å². The predicted octanol–water partition coefficient (Wildman–Crippen LogP) is 3.25. The molecule has 3 rings (SSSR count). The highest BCUT2D eigenvalue weighted by molar-refractivity contribution is 5.95. The third-order valence-corrected chi connectivity index (χ3v) is 4.13. The van der Waals surface area contributed by atoms with E-state index in [1.165, 1.54) is 18.3 Å². The number of aromatic nitrogens is 2. The molecule has 0 aliphatic heterocycles. The Kier molecular flexibility index (Phi) is 5.92. The lowest BCUT2D eigenvalue weighted by molar-refractivity contribution is 0.0947. The standard InChI is InChI=1S/C21H18FN5O/c22-18-11-15(19-20(24)25-13-16(27-19)7-4-10-23)8-9-17(18)21(28)26-12-14-5-2-1-3-6-14/h1-3,5-6,8-9,11,13H,4,7,12H2,(H2,24,25)(H,26,28). The fraction of sp³-hybridized carbons (Fsp3) is 0.143. The summed E-state index contributed by atoms with van der Waals surface area (Å²) in [6.45, 7) is 0.306. The van der Waals surface area contributed by atoms with Gasteiger partial charge in [-0.1, -0.05) is 36.4 Å².